The van der Waals surface area contributed by atoms with E-state index < -0.39 is 0 Å². The molecule has 0 aliphatic carbocycles. The molecule has 6 heteroatoms. The van der Waals surface area contributed by atoms with E-state index in [9.17, 15) is 0 Å². The normalized spacial score (nSPS) is 13.9. The van der Waals surface area contributed by atoms with Crippen LogP contribution in [0.1, 0.15) is 82.8 Å². The van der Waals surface area contributed by atoms with E-state index in [0.29, 0.717) is 17.5 Å². The number of benzene rings is 4. The first kappa shape index (κ1) is 40.2. The van der Waals surface area contributed by atoms with E-state index in [4.69, 9.17) is 9.98 Å². The molecule has 6 nitrogen and oxygen atoms in total. The van der Waals surface area contributed by atoms with Crippen LogP contribution in [0.3, 0.4) is 0 Å². The monoisotopic (exact) mass is 728 g/mol. The molecular formula is C49H56N6. The van der Waals surface area contributed by atoms with Crippen LogP contribution in [0.5, 0.6) is 0 Å². The maximum absolute atomic E-state index is 5.11. The van der Waals surface area contributed by atoms with Gasteiger partial charge < -0.3 is 15.5 Å². The third-order valence-corrected chi connectivity index (χ3v) is 9.91. The van der Waals surface area contributed by atoms with Crippen molar-refractivity contribution in [3.05, 3.63) is 189 Å². The van der Waals surface area contributed by atoms with Gasteiger partial charge in [0.05, 0.1) is 0 Å². The Morgan fingerprint density at radius 3 is 1.87 bits per heavy atom. The van der Waals surface area contributed by atoms with E-state index in [1.807, 2.05) is 6.21 Å². The van der Waals surface area contributed by atoms with Crippen molar-refractivity contribution in [3.63, 3.8) is 0 Å². The molecule has 1 heterocycles. The van der Waals surface area contributed by atoms with Gasteiger partial charge in [-0.1, -0.05) is 119 Å². The Labute approximate surface area is 329 Å². The van der Waals surface area contributed by atoms with E-state index in [2.05, 4.69) is 187 Å². The first-order valence-electron chi connectivity index (χ1n) is 18.8. The van der Waals surface area contributed by atoms with E-state index in [-0.39, 0.29) is 5.41 Å². The Bertz CT molecular complexity index is 2250. The fraction of sp³-hybridized carbons (Fsp3) is 0.245. The van der Waals surface area contributed by atoms with Crippen molar-refractivity contribution in [2.24, 2.45) is 15.0 Å². The summed E-state index contributed by atoms with van der Waals surface area (Å²) in [5, 5.41) is 6.28. The van der Waals surface area contributed by atoms with Crippen molar-refractivity contribution in [2.75, 3.05) is 19.0 Å². The summed E-state index contributed by atoms with van der Waals surface area (Å²) >= 11 is 0. The minimum absolute atomic E-state index is 0.0463. The fourth-order valence-electron chi connectivity index (χ4n) is 6.61. The van der Waals surface area contributed by atoms with Crippen molar-refractivity contribution < 1.29 is 0 Å². The molecule has 4 aromatic rings. The maximum Gasteiger partial charge on any atom is 0.161 e. The van der Waals surface area contributed by atoms with E-state index in [1.54, 1.807) is 7.05 Å². The number of anilines is 1. The number of aryl methyl sites for hydroxylation is 5. The van der Waals surface area contributed by atoms with Crippen molar-refractivity contribution in [1.82, 2.24) is 10.6 Å². The van der Waals surface area contributed by atoms with Crippen molar-refractivity contribution >= 4 is 29.6 Å². The summed E-state index contributed by atoms with van der Waals surface area (Å²) < 4.78 is 0. The third kappa shape index (κ3) is 10.2. The molecule has 0 atom stereocenters. The Balaban J connectivity index is 1.39. The van der Waals surface area contributed by atoms with Crippen molar-refractivity contribution in [1.29, 1.82) is 0 Å². The molecule has 55 heavy (non-hydrogen) atoms. The summed E-state index contributed by atoms with van der Waals surface area (Å²) in [5.41, 5.74) is 15.7. The van der Waals surface area contributed by atoms with Crippen LogP contribution in [0.2, 0.25) is 0 Å². The molecule has 0 spiro atoms. The quantitative estimate of drug-likeness (QED) is 0.133. The van der Waals surface area contributed by atoms with E-state index >= 15 is 0 Å². The summed E-state index contributed by atoms with van der Waals surface area (Å²) in [6.07, 6.45) is 5.65. The number of allylic oxidation sites excluding steroid dienone is 1. The second-order valence-electron chi connectivity index (χ2n) is 15.6. The highest BCUT2D eigenvalue weighted by atomic mass is 15.1. The molecule has 1 fully saturated rings. The number of amidine groups is 2. The summed E-state index contributed by atoms with van der Waals surface area (Å²) in [4.78, 5) is 17.0. The zero-order valence-electron chi connectivity index (χ0n) is 34.2. The van der Waals surface area contributed by atoms with Crippen LogP contribution >= 0.6 is 0 Å². The lowest BCUT2D eigenvalue weighted by Gasteiger charge is -2.25. The average Bonchev–Trinajstić information content (AvgIpc) is 3.12. The molecular weight excluding hydrogens is 673 g/mol. The lowest BCUT2D eigenvalue weighted by Crippen LogP contribution is -2.32. The zero-order valence-corrected chi connectivity index (χ0v) is 34.2. The molecule has 2 N–H and O–H groups in total. The van der Waals surface area contributed by atoms with Gasteiger partial charge in [0.15, 0.2) is 11.7 Å². The summed E-state index contributed by atoms with van der Waals surface area (Å²) in [5.74, 6) is 1.96. The Morgan fingerprint density at radius 2 is 1.33 bits per heavy atom. The third-order valence-electron chi connectivity index (χ3n) is 9.91. The van der Waals surface area contributed by atoms with Gasteiger partial charge in [0.25, 0.3) is 0 Å². The van der Waals surface area contributed by atoms with Gasteiger partial charge in [-0.3, -0.25) is 4.99 Å². The van der Waals surface area contributed by atoms with Gasteiger partial charge in [-0.15, -0.1) is 0 Å². The molecule has 282 valence electrons. The number of hydrogen-bond donors (Lipinski definition) is 2. The molecule has 0 aromatic heterocycles. The second kappa shape index (κ2) is 17.0. The fourth-order valence-corrected chi connectivity index (χ4v) is 6.61. The first-order chi connectivity index (χ1) is 26.0. The van der Waals surface area contributed by atoms with Crippen LogP contribution in [-0.2, 0) is 11.8 Å². The van der Waals surface area contributed by atoms with Crippen molar-refractivity contribution in [2.45, 2.75) is 66.7 Å². The largest absolute Gasteiger partial charge is 0.349 e. The molecule has 0 bridgehead atoms. The van der Waals surface area contributed by atoms with Crippen molar-refractivity contribution in [3.8, 4) is 0 Å². The van der Waals surface area contributed by atoms with Gasteiger partial charge in [0.1, 0.15) is 5.82 Å². The average molecular weight is 729 g/mol. The topological polar surface area (TPSA) is 64.4 Å². The SMILES string of the molecule is C=C1NC(=C)C(=Cc2ccc(N(C)C(=C)CCc3cc(C=NC(=NC(=NC)c4ccc(C)cc4C)c4ccc(C)cc4C)cc(C(C)(C)C)c3)cc2)C(=C)N1. The number of hydrogen-bond acceptors (Lipinski definition) is 4. The van der Waals surface area contributed by atoms with Crippen LogP contribution in [0, 0.1) is 27.7 Å². The summed E-state index contributed by atoms with van der Waals surface area (Å²) in [6, 6.07) is 28.0. The summed E-state index contributed by atoms with van der Waals surface area (Å²) in [6.45, 7) is 31.8. The molecule has 1 aliphatic rings. The molecule has 4 aromatic carbocycles. The number of rotatable bonds is 9. The van der Waals surface area contributed by atoms with E-state index in [0.717, 1.165) is 74.6 Å². The lowest BCUT2D eigenvalue weighted by molar-refractivity contribution is 0.589. The standard InChI is InChI=1S/C49H56N6/c1-31-14-22-44(33(3)24-31)47(50-12)54-48(45-23-15-32(2)25-34(45)4)51-30-41-26-40(27-42(28-41)49(9,10)11)17-16-35(5)55(13)43-20-18-39(19-21-43)29-46-36(6)52-38(8)53-37(46)7/h14-15,18-30,52-53H,5-8,16-17H2,1-4,9-13H3. The van der Waals surface area contributed by atoms with Gasteiger partial charge in [-0.05, 0) is 104 Å². The predicted molar refractivity (Wildman–Crippen MR) is 238 cm³/mol. The van der Waals surface area contributed by atoms with Crippen LogP contribution in [0.15, 0.2) is 149 Å². The van der Waals surface area contributed by atoms with Crippen LogP contribution < -0.4 is 15.5 Å². The van der Waals surface area contributed by atoms with Crippen LogP contribution in [0.25, 0.3) is 6.08 Å². The van der Waals surface area contributed by atoms with Crippen LogP contribution in [0.4, 0.5) is 5.69 Å². The number of aliphatic imine (C=N–C) groups is 3. The Kier molecular flexibility index (Phi) is 12.4. The van der Waals surface area contributed by atoms with Crippen LogP contribution in [-0.4, -0.2) is 32.0 Å². The van der Waals surface area contributed by atoms with Gasteiger partial charge in [-0.25, -0.2) is 9.98 Å². The lowest BCUT2D eigenvalue weighted by atomic mass is 9.84. The van der Waals surface area contributed by atoms with E-state index in [1.165, 1.54) is 22.3 Å². The molecule has 0 unspecified atom stereocenters. The minimum Gasteiger partial charge on any atom is -0.349 e. The van der Waals surface area contributed by atoms with Gasteiger partial charge in [0.2, 0.25) is 0 Å². The highest BCUT2D eigenvalue weighted by molar-refractivity contribution is 6.15. The molecule has 0 amide bonds. The van der Waals surface area contributed by atoms with Gasteiger partial charge in [0, 0.05) is 59.8 Å². The molecule has 1 saturated heterocycles. The Morgan fingerprint density at radius 1 is 0.745 bits per heavy atom. The molecule has 0 saturated carbocycles. The highest BCUT2D eigenvalue weighted by Gasteiger charge is 2.18. The molecule has 5 rings (SSSR count). The highest BCUT2D eigenvalue weighted by Crippen LogP contribution is 2.28. The zero-order chi connectivity index (χ0) is 40.0. The number of nitrogens with one attached hydrogen (secondary N) is 2. The van der Waals surface area contributed by atoms with Gasteiger partial charge in [-0.2, -0.15) is 0 Å². The predicted octanol–water partition coefficient (Wildman–Crippen LogP) is 10.8. The summed E-state index contributed by atoms with van der Waals surface area (Å²) in [7, 11) is 3.86. The molecule has 1 aliphatic heterocycles. The number of nitrogens with zero attached hydrogens (tertiary/aromatic N) is 4. The maximum atomic E-state index is 5.11. The van der Waals surface area contributed by atoms with Gasteiger partial charge >= 0.3 is 0 Å². The second-order valence-corrected chi connectivity index (χ2v) is 15.6. The Hall–Kier alpha value is -6.01. The minimum atomic E-state index is -0.0463. The smallest absolute Gasteiger partial charge is 0.161 e. The molecule has 0 radical (unpaired) electrons. The first-order valence-corrected chi connectivity index (χ1v) is 18.8.